The molecule has 2 aromatic carbocycles. The van der Waals surface area contributed by atoms with Crippen LogP contribution in [-0.4, -0.2) is 63.8 Å². The molecule has 2 bridgehead atoms. The van der Waals surface area contributed by atoms with Crippen molar-refractivity contribution in [2.75, 3.05) is 20.2 Å². The van der Waals surface area contributed by atoms with Crippen molar-refractivity contribution >= 4 is 35.0 Å². The number of pyridine rings is 1. The summed E-state index contributed by atoms with van der Waals surface area (Å²) in [6.07, 6.45) is 5.40. The molecule has 208 valence electrons. The second kappa shape index (κ2) is 9.87. The molecule has 41 heavy (non-hydrogen) atoms. The fourth-order valence-corrected chi connectivity index (χ4v) is 6.87. The number of benzene rings is 2. The summed E-state index contributed by atoms with van der Waals surface area (Å²) in [6.45, 7) is 1.48. The molecule has 2 aliphatic heterocycles. The number of carbonyl (C=O) groups is 2. The molecule has 4 heterocycles. The topological polar surface area (TPSA) is 115 Å². The van der Waals surface area contributed by atoms with Gasteiger partial charge in [-0.3, -0.25) is 14.6 Å². The lowest BCUT2D eigenvalue weighted by Crippen LogP contribution is -2.46. The van der Waals surface area contributed by atoms with Gasteiger partial charge in [-0.25, -0.2) is 4.68 Å². The Morgan fingerprint density at radius 3 is 2.54 bits per heavy atom. The lowest BCUT2D eigenvalue weighted by Gasteiger charge is -2.27. The van der Waals surface area contributed by atoms with Gasteiger partial charge in [0.15, 0.2) is 5.69 Å². The van der Waals surface area contributed by atoms with E-state index in [2.05, 4.69) is 10.3 Å². The molecule has 11 heteroatoms. The molecule has 0 radical (unpaired) electrons. The maximum absolute atomic E-state index is 14.0. The summed E-state index contributed by atoms with van der Waals surface area (Å²) in [4.78, 5) is 32.1. The minimum Gasteiger partial charge on any atom is -0.496 e. The lowest BCUT2D eigenvalue weighted by atomic mass is 9.86. The van der Waals surface area contributed by atoms with E-state index in [-0.39, 0.29) is 11.9 Å². The number of aryl methyl sites for hydroxylation is 1. The van der Waals surface area contributed by atoms with Gasteiger partial charge in [0.25, 0.3) is 5.91 Å². The highest BCUT2D eigenvalue weighted by Crippen LogP contribution is 2.43. The second-order valence-corrected chi connectivity index (χ2v) is 11.6. The smallest absolute Gasteiger partial charge is 0.275 e. The van der Waals surface area contributed by atoms with Crippen LogP contribution in [0.15, 0.2) is 48.8 Å². The quantitative estimate of drug-likeness (QED) is 0.359. The molecular formula is C30H26Cl2N6O3. The van der Waals surface area contributed by atoms with Gasteiger partial charge < -0.3 is 20.7 Å². The van der Waals surface area contributed by atoms with Gasteiger partial charge in [-0.1, -0.05) is 23.2 Å². The number of nitrogens with one attached hydrogen (secondary N) is 1. The number of fused-ring (bicyclic) bond motifs is 5. The predicted octanol–water partition coefficient (Wildman–Crippen LogP) is 4.30. The minimum atomic E-state index is -0.566. The van der Waals surface area contributed by atoms with E-state index in [0.717, 1.165) is 40.9 Å². The molecule has 0 spiro atoms. The highest BCUT2D eigenvalue weighted by Gasteiger charge is 2.42. The van der Waals surface area contributed by atoms with Crippen molar-refractivity contribution in [3.63, 3.8) is 0 Å². The number of hydrogen-bond acceptors (Lipinski definition) is 6. The summed E-state index contributed by atoms with van der Waals surface area (Å²) < 4.78 is 7.55. The molecule has 2 atom stereocenters. The Morgan fingerprint density at radius 2 is 1.85 bits per heavy atom. The third kappa shape index (κ3) is 4.36. The van der Waals surface area contributed by atoms with Gasteiger partial charge >= 0.3 is 0 Å². The molecule has 3 N–H and O–H groups in total. The van der Waals surface area contributed by atoms with Crippen LogP contribution in [0.25, 0.3) is 28.1 Å². The first-order valence-electron chi connectivity index (χ1n) is 13.4. The number of ether oxygens (including phenoxy) is 1. The number of amides is 2. The van der Waals surface area contributed by atoms with E-state index in [1.165, 1.54) is 6.20 Å². The number of aromatic nitrogens is 3. The molecule has 2 unspecified atom stereocenters. The van der Waals surface area contributed by atoms with Crippen LogP contribution >= 0.6 is 23.2 Å². The molecule has 4 aromatic rings. The standard InChI is InChI=1S/C30H26Cl2N6O3/c1-41-26-5-15-2-3-23-27(30(40)37-14-20-9-22(37)13-35-20)36-38(21-7-18(31)6-19(32)8-21)28(23)25(15)10-24(26)16-4-17(29(33)39)12-34-11-16/h4-8,10-12,20,22,35H,2-3,9,13-14H2,1H3,(H2,33,39). The van der Waals surface area contributed by atoms with Crippen LogP contribution in [0.3, 0.4) is 0 Å². The molecule has 2 saturated heterocycles. The number of likely N-dealkylation sites (tertiary alicyclic amines) is 1. The number of halogens is 2. The van der Waals surface area contributed by atoms with Gasteiger partial charge in [0.1, 0.15) is 5.75 Å². The number of carbonyl (C=O) groups excluding carboxylic acids is 2. The fraction of sp³-hybridized carbons (Fsp3) is 0.267. The Hall–Kier alpha value is -3.92. The maximum atomic E-state index is 14.0. The molecular weight excluding hydrogens is 563 g/mol. The van der Waals surface area contributed by atoms with Gasteiger partial charge in [0.05, 0.1) is 24.1 Å². The second-order valence-electron chi connectivity index (χ2n) is 10.7. The van der Waals surface area contributed by atoms with E-state index in [9.17, 15) is 9.59 Å². The van der Waals surface area contributed by atoms with Gasteiger partial charge in [0.2, 0.25) is 5.91 Å². The Balaban J connectivity index is 1.44. The summed E-state index contributed by atoms with van der Waals surface area (Å²) >= 11 is 12.8. The average Bonchev–Trinajstić information content (AvgIpc) is 3.70. The Labute approximate surface area is 246 Å². The van der Waals surface area contributed by atoms with Crippen LogP contribution in [0.4, 0.5) is 0 Å². The SMILES string of the molecule is COc1cc2c(cc1-c1cncc(C(N)=O)c1)-c1c(c(C(=O)N3CC4CC3CN4)nn1-c1cc(Cl)cc(Cl)c1)CC2. The third-order valence-electron chi connectivity index (χ3n) is 8.25. The van der Waals surface area contributed by atoms with Crippen molar-refractivity contribution in [2.24, 2.45) is 5.73 Å². The van der Waals surface area contributed by atoms with E-state index in [0.29, 0.717) is 63.7 Å². The summed E-state index contributed by atoms with van der Waals surface area (Å²) in [6, 6.07) is 11.4. The zero-order valence-corrected chi connectivity index (χ0v) is 23.7. The number of methoxy groups -OCH3 is 1. The minimum absolute atomic E-state index is 0.0577. The maximum Gasteiger partial charge on any atom is 0.275 e. The molecule has 9 nitrogen and oxygen atoms in total. The third-order valence-corrected chi connectivity index (χ3v) is 8.69. The number of nitrogens with two attached hydrogens (primary N) is 1. The van der Waals surface area contributed by atoms with Gasteiger partial charge in [-0.15, -0.1) is 0 Å². The molecule has 7 rings (SSSR count). The number of nitrogens with zero attached hydrogens (tertiary/aromatic N) is 4. The number of hydrogen-bond donors (Lipinski definition) is 2. The van der Waals surface area contributed by atoms with E-state index >= 15 is 0 Å². The number of primary amides is 1. The highest BCUT2D eigenvalue weighted by molar-refractivity contribution is 6.34. The summed E-state index contributed by atoms with van der Waals surface area (Å²) in [5.41, 5.74) is 12.0. The molecule has 2 fully saturated rings. The summed E-state index contributed by atoms with van der Waals surface area (Å²) in [7, 11) is 1.61. The average molecular weight is 589 g/mol. The molecule has 2 amide bonds. The van der Waals surface area contributed by atoms with Crippen molar-refractivity contribution in [1.29, 1.82) is 0 Å². The fourth-order valence-electron chi connectivity index (χ4n) is 6.35. The largest absolute Gasteiger partial charge is 0.496 e. The van der Waals surface area contributed by atoms with Gasteiger partial charge in [-0.05, 0) is 61.2 Å². The molecule has 1 aliphatic carbocycles. The van der Waals surface area contributed by atoms with Gasteiger partial charge in [0, 0.05) is 69.9 Å². The van der Waals surface area contributed by atoms with Crippen LogP contribution in [-0.2, 0) is 12.8 Å². The van der Waals surface area contributed by atoms with Crippen molar-refractivity contribution < 1.29 is 14.3 Å². The van der Waals surface area contributed by atoms with E-state index in [4.69, 9.17) is 38.8 Å². The Kier molecular flexibility index (Phi) is 6.26. The van der Waals surface area contributed by atoms with Crippen LogP contribution in [0, 0.1) is 0 Å². The molecule has 0 saturated carbocycles. The van der Waals surface area contributed by atoms with Crippen LogP contribution in [0.1, 0.15) is 38.4 Å². The van der Waals surface area contributed by atoms with Crippen LogP contribution in [0.2, 0.25) is 10.0 Å². The first-order valence-corrected chi connectivity index (χ1v) is 14.2. The van der Waals surface area contributed by atoms with Crippen molar-refractivity contribution in [3.8, 4) is 33.8 Å². The van der Waals surface area contributed by atoms with Crippen LogP contribution < -0.4 is 15.8 Å². The zero-order chi connectivity index (χ0) is 28.4. The lowest BCUT2D eigenvalue weighted by molar-refractivity contribution is 0.0708. The number of rotatable bonds is 5. The Bertz CT molecular complexity index is 1730. The van der Waals surface area contributed by atoms with Gasteiger partial charge in [-0.2, -0.15) is 5.10 Å². The van der Waals surface area contributed by atoms with E-state index in [1.54, 1.807) is 42.3 Å². The van der Waals surface area contributed by atoms with Crippen molar-refractivity contribution in [1.82, 2.24) is 25.0 Å². The number of piperazine rings is 1. The first-order chi connectivity index (χ1) is 19.8. The molecule has 2 aromatic heterocycles. The first kappa shape index (κ1) is 26.0. The van der Waals surface area contributed by atoms with Crippen molar-refractivity contribution in [2.45, 2.75) is 31.3 Å². The normalized spacial score (nSPS) is 18.8. The summed E-state index contributed by atoms with van der Waals surface area (Å²) in [5.74, 6) is 0.0190. The molecule has 3 aliphatic rings. The Morgan fingerprint density at radius 1 is 1.05 bits per heavy atom. The van der Waals surface area contributed by atoms with E-state index < -0.39 is 5.91 Å². The predicted molar refractivity (Wildman–Crippen MR) is 156 cm³/mol. The highest BCUT2D eigenvalue weighted by atomic mass is 35.5. The van der Waals surface area contributed by atoms with Crippen molar-refractivity contribution in [3.05, 3.63) is 81.2 Å². The van der Waals surface area contributed by atoms with Crippen LogP contribution in [0.5, 0.6) is 5.75 Å². The van der Waals surface area contributed by atoms with E-state index in [1.807, 2.05) is 17.0 Å². The zero-order valence-electron chi connectivity index (χ0n) is 22.2. The summed E-state index contributed by atoms with van der Waals surface area (Å²) in [5, 5.41) is 9.33. The monoisotopic (exact) mass is 588 g/mol.